The van der Waals surface area contributed by atoms with Crippen LogP contribution < -0.4 is 13.9 Å². The second-order valence-corrected chi connectivity index (χ2v) is 10.5. The van der Waals surface area contributed by atoms with Crippen molar-refractivity contribution in [3.63, 3.8) is 0 Å². The predicted molar refractivity (Wildman–Crippen MR) is 140 cm³/mol. The fraction of sp³-hybridized carbons (Fsp3) is 0.308. The van der Waals surface area contributed by atoms with Gasteiger partial charge in [0.1, 0.15) is 11.6 Å². The highest BCUT2D eigenvalue weighted by Gasteiger charge is 2.29. The summed E-state index contributed by atoms with van der Waals surface area (Å²) in [4.78, 5) is 14.9. The molecule has 1 aliphatic heterocycles. The molecule has 0 aromatic heterocycles. The van der Waals surface area contributed by atoms with E-state index < -0.39 is 14.9 Å². The lowest BCUT2D eigenvalue weighted by molar-refractivity contribution is -0.385. The monoisotopic (exact) mass is 528 g/mol. The number of piperazine rings is 1. The fourth-order valence-electron chi connectivity index (χ4n) is 4.41. The smallest absolute Gasteiger partial charge is 0.270 e. The number of anilines is 2. The third kappa shape index (κ3) is 6.17. The highest BCUT2D eigenvalue weighted by molar-refractivity contribution is 7.92. The molecule has 0 saturated carbocycles. The van der Waals surface area contributed by atoms with Crippen molar-refractivity contribution in [1.82, 2.24) is 4.90 Å². The number of ether oxygens (including phenoxy) is 1. The SMILES string of the molecule is COc1ccccc1N(CCCN1CCN(c2ccc(F)cc2)CC1)S(=O)(=O)c1cccc([N+](=O)[O-])c1. The molecule has 0 aliphatic carbocycles. The Hall–Kier alpha value is -3.70. The predicted octanol–water partition coefficient (Wildman–Crippen LogP) is 4.15. The molecule has 0 amide bonds. The topological polar surface area (TPSA) is 96.2 Å². The lowest BCUT2D eigenvalue weighted by Crippen LogP contribution is -2.47. The summed E-state index contributed by atoms with van der Waals surface area (Å²) >= 11 is 0. The molecular formula is C26H29FN4O5S. The van der Waals surface area contributed by atoms with Gasteiger partial charge in [-0.15, -0.1) is 0 Å². The summed E-state index contributed by atoms with van der Waals surface area (Å²) in [5.74, 6) is 0.131. The lowest BCUT2D eigenvalue weighted by atomic mass is 10.2. The van der Waals surface area contributed by atoms with E-state index in [2.05, 4.69) is 9.80 Å². The van der Waals surface area contributed by atoms with E-state index in [0.717, 1.165) is 37.9 Å². The number of benzene rings is 3. The second-order valence-electron chi connectivity index (χ2n) is 8.66. The van der Waals surface area contributed by atoms with E-state index in [-0.39, 0.29) is 22.9 Å². The molecule has 11 heteroatoms. The maximum absolute atomic E-state index is 13.7. The summed E-state index contributed by atoms with van der Waals surface area (Å²) in [7, 11) is -2.63. The van der Waals surface area contributed by atoms with Crippen LogP contribution in [-0.2, 0) is 10.0 Å². The van der Waals surface area contributed by atoms with Gasteiger partial charge in [0.25, 0.3) is 15.7 Å². The van der Waals surface area contributed by atoms with Crippen LogP contribution in [0.2, 0.25) is 0 Å². The van der Waals surface area contributed by atoms with Gasteiger partial charge >= 0.3 is 0 Å². The number of sulfonamides is 1. The average Bonchev–Trinajstić information content (AvgIpc) is 2.92. The molecule has 0 radical (unpaired) electrons. The number of hydrogen-bond donors (Lipinski definition) is 0. The minimum atomic E-state index is -4.10. The third-order valence-corrected chi connectivity index (χ3v) is 8.18. The van der Waals surface area contributed by atoms with E-state index in [1.165, 1.54) is 41.7 Å². The van der Waals surface area contributed by atoms with E-state index >= 15 is 0 Å². The van der Waals surface area contributed by atoms with E-state index in [1.807, 2.05) is 0 Å². The molecule has 1 fully saturated rings. The Morgan fingerprint density at radius 3 is 2.38 bits per heavy atom. The van der Waals surface area contributed by atoms with Gasteiger partial charge in [0.15, 0.2) is 0 Å². The number of non-ortho nitro benzene ring substituents is 1. The highest BCUT2D eigenvalue weighted by atomic mass is 32.2. The van der Waals surface area contributed by atoms with Crippen molar-refractivity contribution < 1.29 is 22.5 Å². The van der Waals surface area contributed by atoms with Crippen LogP contribution in [0, 0.1) is 15.9 Å². The van der Waals surface area contributed by atoms with Gasteiger partial charge < -0.3 is 9.64 Å². The van der Waals surface area contributed by atoms with Crippen LogP contribution in [0.4, 0.5) is 21.5 Å². The van der Waals surface area contributed by atoms with Crippen molar-refractivity contribution in [3.05, 3.63) is 88.7 Å². The largest absolute Gasteiger partial charge is 0.495 e. The maximum atomic E-state index is 13.7. The fourth-order valence-corrected chi connectivity index (χ4v) is 5.96. The van der Waals surface area contributed by atoms with Crippen LogP contribution in [0.5, 0.6) is 5.75 Å². The Bertz CT molecular complexity index is 1330. The molecule has 1 aliphatic rings. The normalized spacial score (nSPS) is 14.4. The van der Waals surface area contributed by atoms with Gasteiger partial charge in [-0.25, -0.2) is 12.8 Å². The Morgan fingerprint density at radius 2 is 1.70 bits per heavy atom. The van der Waals surface area contributed by atoms with Gasteiger partial charge in [0.05, 0.1) is 22.6 Å². The molecule has 37 heavy (non-hydrogen) atoms. The summed E-state index contributed by atoms with van der Waals surface area (Å²) in [6.07, 6.45) is 0.544. The van der Waals surface area contributed by atoms with E-state index in [4.69, 9.17) is 4.74 Å². The number of nitro benzene ring substituents is 1. The van der Waals surface area contributed by atoms with Gasteiger partial charge in [-0.2, -0.15) is 0 Å². The molecule has 0 bridgehead atoms. The van der Waals surface area contributed by atoms with Crippen LogP contribution in [-0.4, -0.2) is 64.6 Å². The van der Waals surface area contributed by atoms with Gasteiger partial charge in [-0.05, 0) is 48.9 Å². The Kier molecular flexibility index (Phi) is 8.24. The van der Waals surface area contributed by atoms with Crippen LogP contribution in [0.3, 0.4) is 0 Å². The first-order valence-corrected chi connectivity index (χ1v) is 13.4. The molecule has 0 spiro atoms. The molecule has 0 unspecified atom stereocenters. The molecule has 1 saturated heterocycles. The van der Waals surface area contributed by atoms with Crippen LogP contribution in [0.15, 0.2) is 77.7 Å². The van der Waals surface area contributed by atoms with Gasteiger partial charge in [0.2, 0.25) is 0 Å². The summed E-state index contributed by atoms with van der Waals surface area (Å²) in [6, 6.07) is 18.3. The first kappa shape index (κ1) is 26.4. The van der Waals surface area contributed by atoms with Crippen molar-refractivity contribution in [1.29, 1.82) is 0 Å². The molecule has 9 nitrogen and oxygen atoms in total. The molecule has 4 rings (SSSR count). The molecule has 1 heterocycles. The molecular weight excluding hydrogens is 499 g/mol. The van der Waals surface area contributed by atoms with Gasteiger partial charge in [-0.3, -0.25) is 19.3 Å². The minimum absolute atomic E-state index is 0.152. The zero-order valence-electron chi connectivity index (χ0n) is 20.5. The number of hydrogen-bond acceptors (Lipinski definition) is 7. The van der Waals surface area contributed by atoms with E-state index in [1.54, 1.807) is 36.4 Å². The average molecular weight is 529 g/mol. The van der Waals surface area contributed by atoms with Crippen molar-refractivity contribution >= 4 is 27.1 Å². The summed E-state index contributed by atoms with van der Waals surface area (Å²) in [5.41, 5.74) is 1.06. The van der Waals surface area contributed by atoms with Crippen molar-refractivity contribution in [2.75, 3.05) is 55.6 Å². The quantitative estimate of drug-likeness (QED) is 0.288. The Balaban J connectivity index is 1.47. The van der Waals surface area contributed by atoms with Gasteiger partial charge in [-0.1, -0.05) is 18.2 Å². The van der Waals surface area contributed by atoms with Crippen LogP contribution in [0.25, 0.3) is 0 Å². The number of nitro groups is 1. The standard InChI is InChI=1S/C26H29FN4O5S/c1-36-26-9-3-2-8-25(26)30(37(34,35)24-7-4-6-23(20-24)31(32)33)15-5-14-28-16-18-29(19-17-28)22-12-10-21(27)11-13-22/h2-4,6-13,20H,5,14-19H2,1H3. The molecule has 3 aromatic carbocycles. The summed E-state index contributed by atoms with van der Waals surface area (Å²) in [6.45, 7) is 4.01. The van der Waals surface area contributed by atoms with Crippen molar-refractivity contribution in [2.24, 2.45) is 0 Å². The molecule has 196 valence electrons. The summed E-state index contributed by atoms with van der Waals surface area (Å²) < 4.78 is 47.3. The maximum Gasteiger partial charge on any atom is 0.270 e. The Labute approximate surface area is 215 Å². The lowest BCUT2D eigenvalue weighted by Gasteiger charge is -2.36. The highest BCUT2D eigenvalue weighted by Crippen LogP contribution is 2.33. The molecule has 0 N–H and O–H groups in total. The minimum Gasteiger partial charge on any atom is -0.495 e. The zero-order valence-corrected chi connectivity index (χ0v) is 21.3. The number of methoxy groups -OCH3 is 1. The van der Waals surface area contributed by atoms with Crippen LogP contribution in [0.1, 0.15) is 6.42 Å². The van der Waals surface area contributed by atoms with Gasteiger partial charge in [0, 0.05) is 57.1 Å². The third-order valence-electron chi connectivity index (χ3n) is 6.37. The molecule has 0 atom stereocenters. The van der Waals surface area contributed by atoms with E-state index in [0.29, 0.717) is 24.4 Å². The number of para-hydroxylation sites is 2. The number of nitrogens with zero attached hydrogens (tertiary/aromatic N) is 4. The first-order chi connectivity index (χ1) is 17.8. The Morgan fingerprint density at radius 1 is 1.00 bits per heavy atom. The van der Waals surface area contributed by atoms with E-state index in [9.17, 15) is 22.9 Å². The second kappa shape index (κ2) is 11.6. The first-order valence-electron chi connectivity index (χ1n) is 11.9. The number of halogens is 1. The summed E-state index contributed by atoms with van der Waals surface area (Å²) in [5, 5.41) is 11.2. The van der Waals surface area contributed by atoms with Crippen LogP contribution >= 0.6 is 0 Å². The molecule has 3 aromatic rings. The van der Waals surface area contributed by atoms with Crippen molar-refractivity contribution in [3.8, 4) is 5.75 Å². The van der Waals surface area contributed by atoms with Crippen molar-refractivity contribution in [2.45, 2.75) is 11.3 Å². The zero-order chi connectivity index (χ0) is 26.4. The number of rotatable bonds is 10.